The summed E-state index contributed by atoms with van der Waals surface area (Å²) in [5, 5.41) is 3.02. The highest BCUT2D eigenvalue weighted by Gasteiger charge is 2.29. The number of carbonyl (C=O) groups excluding carboxylic acids is 1. The van der Waals surface area contributed by atoms with Crippen molar-refractivity contribution in [1.82, 2.24) is 5.32 Å². The molecule has 0 aliphatic heterocycles. The summed E-state index contributed by atoms with van der Waals surface area (Å²) < 4.78 is 0. The molecule has 1 aromatic carbocycles. The van der Waals surface area contributed by atoms with Gasteiger partial charge in [0.15, 0.2) is 0 Å². The maximum atomic E-state index is 12.3. The zero-order valence-corrected chi connectivity index (χ0v) is 12.7. The fourth-order valence-corrected chi connectivity index (χ4v) is 1.80. The van der Waals surface area contributed by atoms with Gasteiger partial charge in [-0.3, -0.25) is 4.79 Å². The molecule has 0 aliphatic rings. The SMILES string of the molecule is CC(C)(C)CCNC(=O)C(C)(C)c1ccc(N)cc1. The van der Waals surface area contributed by atoms with Gasteiger partial charge in [0.05, 0.1) is 5.41 Å². The highest BCUT2D eigenvalue weighted by molar-refractivity contribution is 5.87. The molecule has 0 radical (unpaired) electrons. The van der Waals surface area contributed by atoms with Crippen molar-refractivity contribution in [1.29, 1.82) is 0 Å². The molecule has 0 aliphatic carbocycles. The number of rotatable bonds is 4. The number of nitrogens with two attached hydrogens (primary N) is 1. The van der Waals surface area contributed by atoms with Crippen LogP contribution in [0.15, 0.2) is 24.3 Å². The van der Waals surface area contributed by atoms with E-state index in [2.05, 4.69) is 26.1 Å². The number of hydrogen-bond acceptors (Lipinski definition) is 2. The molecule has 0 fully saturated rings. The molecule has 19 heavy (non-hydrogen) atoms. The molecule has 1 amide bonds. The lowest BCUT2D eigenvalue weighted by Gasteiger charge is -2.26. The van der Waals surface area contributed by atoms with Crippen LogP contribution in [-0.2, 0) is 10.2 Å². The number of benzene rings is 1. The van der Waals surface area contributed by atoms with E-state index in [-0.39, 0.29) is 11.3 Å². The molecule has 1 aromatic rings. The van der Waals surface area contributed by atoms with Crippen molar-refractivity contribution in [2.75, 3.05) is 12.3 Å². The van der Waals surface area contributed by atoms with Crippen molar-refractivity contribution in [3.05, 3.63) is 29.8 Å². The normalized spacial score (nSPS) is 12.3. The molecule has 106 valence electrons. The lowest BCUT2D eigenvalue weighted by atomic mass is 9.83. The van der Waals surface area contributed by atoms with Gasteiger partial charge in [-0.15, -0.1) is 0 Å². The molecular weight excluding hydrogens is 236 g/mol. The Balaban J connectivity index is 2.66. The van der Waals surface area contributed by atoms with E-state index in [1.54, 1.807) is 0 Å². The summed E-state index contributed by atoms with van der Waals surface area (Å²) in [5.41, 5.74) is 7.07. The van der Waals surface area contributed by atoms with E-state index in [9.17, 15) is 4.79 Å². The topological polar surface area (TPSA) is 55.1 Å². The Kier molecular flexibility index (Phi) is 4.61. The Hall–Kier alpha value is -1.51. The fourth-order valence-electron chi connectivity index (χ4n) is 1.80. The van der Waals surface area contributed by atoms with Gasteiger partial charge >= 0.3 is 0 Å². The Morgan fingerprint density at radius 1 is 1.11 bits per heavy atom. The van der Waals surface area contributed by atoms with Crippen molar-refractivity contribution in [3.63, 3.8) is 0 Å². The number of anilines is 1. The summed E-state index contributed by atoms with van der Waals surface area (Å²) in [6.07, 6.45) is 0.969. The minimum Gasteiger partial charge on any atom is -0.399 e. The lowest BCUT2D eigenvalue weighted by molar-refractivity contribution is -0.125. The number of amides is 1. The summed E-state index contributed by atoms with van der Waals surface area (Å²) in [4.78, 5) is 12.3. The van der Waals surface area contributed by atoms with E-state index < -0.39 is 5.41 Å². The average molecular weight is 262 g/mol. The Morgan fingerprint density at radius 3 is 2.11 bits per heavy atom. The van der Waals surface area contributed by atoms with Gasteiger partial charge in [-0.2, -0.15) is 0 Å². The van der Waals surface area contributed by atoms with Crippen LogP contribution < -0.4 is 11.1 Å². The van der Waals surface area contributed by atoms with Crippen molar-refractivity contribution in [2.45, 2.75) is 46.5 Å². The standard InChI is InChI=1S/C16H26N2O/c1-15(2,3)10-11-18-14(19)16(4,5)12-6-8-13(17)9-7-12/h6-9H,10-11,17H2,1-5H3,(H,18,19). The van der Waals surface area contributed by atoms with Crippen molar-refractivity contribution < 1.29 is 4.79 Å². The van der Waals surface area contributed by atoms with Gasteiger partial charge < -0.3 is 11.1 Å². The molecule has 3 nitrogen and oxygen atoms in total. The average Bonchev–Trinajstić information content (AvgIpc) is 2.27. The maximum Gasteiger partial charge on any atom is 0.230 e. The molecule has 0 spiro atoms. The van der Waals surface area contributed by atoms with Gasteiger partial charge in [-0.05, 0) is 43.4 Å². The van der Waals surface area contributed by atoms with Crippen LogP contribution in [0, 0.1) is 5.41 Å². The van der Waals surface area contributed by atoms with Crippen LogP contribution in [-0.4, -0.2) is 12.5 Å². The number of nitrogens with one attached hydrogen (secondary N) is 1. The first-order chi connectivity index (χ1) is 8.63. The summed E-state index contributed by atoms with van der Waals surface area (Å²) in [6.45, 7) is 11.1. The zero-order chi connectivity index (χ0) is 14.7. The van der Waals surface area contributed by atoms with Crippen LogP contribution >= 0.6 is 0 Å². The monoisotopic (exact) mass is 262 g/mol. The summed E-state index contributed by atoms with van der Waals surface area (Å²) in [5.74, 6) is 0.0570. The molecule has 0 bridgehead atoms. The van der Waals surface area contributed by atoms with E-state index >= 15 is 0 Å². The second-order valence-corrected chi connectivity index (χ2v) is 6.81. The van der Waals surface area contributed by atoms with Crippen molar-refractivity contribution in [2.24, 2.45) is 5.41 Å². The summed E-state index contributed by atoms with van der Waals surface area (Å²) in [7, 11) is 0. The zero-order valence-electron chi connectivity index (χ0n) is 12.7. The van der Waals surface area contributed by atoms with E-state index in [1.165, 1.54) is 0 Å². The quantitative estimate of drug-likeness (QED) is 0.819. The molecule has 3 heteroatoms. The minimum absolute atomic E-state index is 0.0570. The number of hydrogen-bond donors (Lipinski definition) is 2. The van der Waals surface area contributed by atoms with Crippen LogP contribution in [0.2, 0.25) is 0 Å². The smallest absolute Gasteiger partial charge is 0.230 e. The molecule has 0 atom stereocenters. The highest BCUT2D eigenvalue weighted by Crippen LogP contribution is 2.24. The predicted molar refractivity (Wildman–Crippen MR) is 81.0 cm³/mol. The summed E-state index contributed by atoms with van der Waals surface area (Å²) in [6, 6.07) is 7.50. The molecule has 0 aromatic heterocycles. The second-order valence-electron chi connectivity index (χ2n) is 6.81. The van der Waals surface area contributed by atoms with Gasteiger partial charge in [0.25, 0.3) is 0 Å². The van der Waals surface area contributed by atoms with Crippen molar-refractivity contribution >= 4 is 11.6 Å². The maximum absolute atomic E-state index is 12.3. The number of carbonyl (C=O) groups is 1. The molecule has 0 heterocycles. The van der Waals surface area contributed by atoms with Crippen LogP contribution in [0.1, 0.15) is 46.6 Å². The van der Waals surface area contributed by atoms with Crippen LogP contribution in [0.5, 0.6) is 0 Å². The van der Waals surface area contributed by atoms with E-state index in [0.29, 0.717) is 12.2 Å². The van der Waals surface area contributed by atoms with E-state index in [1.807, 2.05) is 38.1 Å². The Labute approximate surface area is 116 Å². The first-order valence-electron chi connectivity index (χ1n) is 6.77. The van der Waals surface area contributed by atoms with Crippen LogP contribution in [0.25, 0.3) is 0 Å². The second kappa shape index (κ2) is 5.64. The first-order valence-corrected chi connectivity index (χ1v) is 6.77. The predicted octanol–water partition coefficient (Wildman–Crippen LogP) is 3.10. The molecule has 0 unspecified atom stereocenters. The van der Waals surface area contributed by atoms with Crippen LogP contribution in [0.4, 0.5) is 5.69 Å². The number of nitrogen functional groups attached to an aromatic ring is 1. The molecular formula is C16H26N2O. The molecule has 3 N–H and O–H groups in total. The Bertz CT molecular complexity index is 427. The Morgan fingerprint density at radius 2 is 1.63 bits per heavy atom. The molecule has 1 rings (SSSR count). The van der Waals surface area contributed by atoms with Gasteiger partial charge in [0, 0.05) is 12.2 Å². The van der Waals surface area contributed by atoms with Gasteiger partial charge in [-0.1, -0.05) is 32.9 Å². The third-order valence-electron chi connectivity index (χ3n) is 3.36. The third-order valence-corrected chi connectivity index (χ3v) is 3.36. The fraction of sp³-hybridized carbons (Fsp3) is 0.562. The minimum atomic E-state index is -0.536. The van der Waals surface area contributed by atoms with E-state index in [0.717, 1.165) is 12.0 Å². The van der Waals surface area contributed by atoms with Gasteiger partial charge in [0.1, 0.15) is 0 Å². The lowest BCUT2D eigenvalue weighted by Crippen LogP contribution is -2.41. The van der Waals surface area contributed by atoms with Gasteiger partial charge in [-0.25, -0.2) is 0 Å². The van der Waals surface area contributed by atoms with E-state index in [4.69, 9.17) is 5.73 Å². The highest BCUT2D eigenvalue weighted by atomic mass is 16.2. The molecule has 0 saturated heterocycles. The third kappa shape index (κ3) is 4.58. The van der Waals surface area contributed by atoms with Gasteiger partial charge in [0.2, 0.25) is 5.91 Å². The summed E-state index contributed by atoms with van der Waals surface area (Å²) >= 11 is 0. The van der Waals surface area contributed by atoms with Crippen LogP contribution in [0.3, 0.4) is 0 Å². The first kappa shape index (κ1) is 15.5. The van der Waals surface area contributed by atoms with Crippen molar-refractivity contribution in [3.8, 4) is 0 Å². The molecule has 0 saturated carbocycles. The largest absolute Gasteiger partial charge is 0.399 e.